The molecule has 132 valence electrons. The normalized spacial score (nSPS) is 15.0. The molecule has 26 heavy (non-hydrogen) atoms. The number of fused-ring (bicyclic) bond motifs is 1. The number of para-hydroxylation sites is 1. The summed E-state index contributed by atoms with van der Waals surface area (Å²) in [6.45, 7) is 0.232. The van der Waals surface area contributed by atoms with E-state index < -0.39 is 10.3 Å². The van der Waals surface area contributed by atoms with Crippen LogP contribution >= 0.6 is 0 Å². The van der Waals surface area contributed by atoms with Gasteiger partial charge in [0.2, 0.25) is 0 Å². The third-order valence-corrected chi connectivity index (χ3v) is 5.23. The number of methoxy groups -OCH3 is 1. The number of rotatable bonds is 3. The van der Waals surface area contributed by atoms with Gasteiger partial charge in [-0.2, -0.15) is 13.1 Å². The molecular formula is C20H17NO4S. The van der Waals surface area contributed by atoms with Crippen LogP contribution in [-0.4, -0.2) is 15.5 Å². The first-order chi connectivity index (χ1) is 12.6. The summed E-state index contributed by atoms with van der Waals surface area (Å²) in [5.74, 6) is 1.21. The fourth-order valence-electron chi connectivity index (χ4n) is 2.98. The van der Waals surface area contributed by atoms with Crippen LogP contribution < -0.4 is 13.6 Å². The molecule has 1 aliphatic rings. The van der Waals surface area contributed by atoms with E-state index in [9.17, 15) is 8.42 Å². The summed E-state index contributed by atoms with van der Waals surface area (Å²) in [5, 5.41) is 0. The van der Waals surface area contributed by atoms with Crippen molar-refractivity contribution in [3.05, 3.63) is 72.3 Å². The first-order valence-corrected chi connectivity index (χ1v) is 9.52. The van der Waals surface area contributed by atoms with Crippen LogP contribution in [0.2, 0.25) is 0 Å². The molecule has 5 nitrogen and oxygen atoms in total. The van der Waals surface area contributed by atoms with Crippen molar-refractivity contribution in [1.29, 1.82) is 0 Å². The lowest BCUT2D eigenvalue weighted by Crippen LogP contribution is -2.32. The van der Waals surface area contributed by atoms with Gasteiger partial charge in [0.1, 0.15) is 5.75 Å². The summed E-state index contributed by atoms with van der Waals surface area (Å²) < 4.78 is 36.2. The summed E-state index contributed by atoms with van der Waals surface area (Å²) in [6.07, 6.45) is 0. The second kappa shape index (κ2) is 6.48. The summed E-state index contributed by atoms with van der Waals surface area (Å²) >= 11 is 0. The standard InChI is InChI=1S/C20H17NO4S/c1-24-18-11-9-15(10-12-18)14-5-7-16(8-6-14)19-4-2-3-17-13-21-26(22,23)25-20(17)19/h2-12,21H,13H2,1H3. The Labute approximate surface area is 152 Å². The first kappa shape index (κ1) is 16.6. The Hall–Kier alpha value is -2.83. The van der Waals surface area contributed by atoms with Crippen LogP contribution in [0.15, 0.2) is 66.7 Å². The maximum Gasteiger partial charge on any atom is 0.382 e. The topological polar surface area (TPSA) is 64.6 Å². The average Bonchev–Trinajstić information content (AvgIpc) is 2.67. The Balaban J connectivity index is 1.70. The third-order valence-electron chi connectivity index (χ3n) is 4.35. The number of hydrogen-bond acceptors (Lipinski definition) is 4. The van der Waals surface area contributed by atoms with E-state index in [1.54, 1.807) is 7.11 Å². The molecule has 3 aromatic carbocycles. The van der Waals surface area contributed by atoms with Gasteiger partial charge in [-0.15, -0.1) is 0 Å². The van der Waals surface area contributed by atoms with Crippen molar-refractivity contribution >= 4 is 10.3 Å². The van der Waals surface area contributed by atoms with E-state index in [4.69, 9.17) is 8.92 Å². The lowest BCUT2D eigenvalue weighted by molar-refractivity contribution is 0.415. The molecule has 0 fully saturated rings. The fraction of sp³-hybridized carbons (Fsp3) is 0.100. The van der Waals surface area contributed by atoms with E-state index in [0.29, 0.717) is 5.75 Å². The lowest BCUT2D eigenvalue weighted by atomic mass is 9.98. The van der Waals surface area contributed by atoms with Gasteiger partial charge in [-0.1, -0.05) is 54.6 Å². The fourth-order valence-corrected chi connectivity index (χ4v) is 3.79. The Morgan fingerprint density at radius 3 is 2.15 bits per heavy atom. The van der Waals surface area contributed by atoms with Crippen LogP contribution in [0.4, 0.5) is 0 Å². The number of ether oxygens (including phenoxy) is 1. The molecular weight excluding hydrogens is 350 g/mol. The highest BCUT2D eigenvalue weighted by molar-refractivity contribution is 7.85. The molecule has 0 amide bonds. The molecule has 1 heterocycles. The maximum atomic E-state index is 11.7. The second-order valence-corrected chi connectivity index (χ2v) is 7.32. The van der Waals surface area contributed by atoms with E-state index in [2.05, 4.69) is 4.72 Å². The molecule has 0 radical (unpaired) electrons. The number of nitrogens with one attached hydrogen (secondary N) is 1. The van der Waals surface area contributed by atoms with Crippen molar-refractivity contribution in [3.8, 4) is 33.8 Å². The smallest absolute Gasteiger partial charge is 0.382 e. The highest BCUT2D eigenvalue weighted by Gasteiger charge is 2.24. The Kier molecular flexibility index (Phi) is 4.14. The second-order valence-electron chi connectivity index (χ2n) is 5.96. The Bertz CT molecular complexity index is 1040. The molecule has 0 saturated carbocycles. The summed E-state index contributed by atoms with van der Waals surface area (Å²) in [7, 11) is -2.11. The highest BCUT2D eigenvalue weighted by atomic mass is 32.2. The molecule has 4 rings (SSSR count). The SMILES string of the molecule is COc1ccc(-c2ccc(-c3cccc4c3OS(=O)(=O)NC4)cc2)cc1. The van der Waals surface area contributed by atoms with Crippen molar-refractivity contribution < 1.29 is 17.3 Å². The zero-order valence-electron chi connectivity index (χ0n) is 14.1. The summed E-state index contributed by atoms with van der Waals surface area (Å²) in [5.41, 5.74) is 4.62. The molecule has 1 aliphatic heterocycles. The van der Waals surface area contributed by atoms with Crippen LogP contribution in [0.1, 0.15) is 5.56 Å². The minimum Gasteiger partial charge on any atom is -0.497 e. The largest absolute Gasteiger partial charge is 0.497 e. The zero-order valence-corrected chi connectivity index (χ0v) is 14.9. The molecule has 0 saturated heterocycles. The van der Waals surface area contributed by atoms with E-state index in [1.165, 1.54) is 0 Å². The van der Waals surface area contributed by atoms with E-state index in [0.717, 1.165) is 33.6 Å². The van der Waals surface area contributed by atoms with Crippen LogP contribution in [-0.2, 0) is 16.8 Å². The quantitative estimate of drug-likeness (QED) is 0.766. The van der Waals surface area contributed by atoms with E-state index >= 15 is 0 Å². The van der Waals surface area contributed by atoms with Gasteiger partial charge in [0.05, 0.1) is 7.11 Å². The Morgan fingerprint density at radius 1 is 0.885 bits per heavy atom. The van der Waals surface area contributed by atoms with E-state index in [1.807, 2.05) is 66.7 Å². The predicted octanol–water partition coefficient (Wildman–Crippen LogP) is 3.76. The van der Waals surface area contributed by atoms with Gasteiger partial charge >= 0.3 is 10.3 Å². The van der Waals surface area contributed by atoms with Crippen molar-refractivity contribution in [1.82, 2.24) is 4.72 Å². The maximum absolute atomic E-state index is 11.7. The predicted molar refractivity (Wildman–Crippen MR) is 100 cm³/mol. The van der Waals surface area contributed by atoms with Gasteiger partial charge in [0, 0.05) is 17.7 Å². The highest BCUT2D eigenvalue weighted by Crippen LogP contribution is 2.36. The molecule has 3 aromatic rings. The zero-order chi connectivity index (χ0) is 18.1. The average molecular weight is 367 g/mol. The molecule has 0 unspecified atom stereocenters. The van der Waals surface area contributed by atoms with Gasteiger partial charge in [-0.25, -0.2) is 0 Å². The van der Waals surface area contributed by atoms with Gasteiger partial charge in [0.15, 0.2) is 5.75 Å². The minimum absolute atomic E-state index is 0.232. The van der Waals surface area contributed by atoms with Gasteiger partial charge in [-0.05, 0) is 28.8 Å². The molecule has 6 heteroatoms. The van der Waals surface area contributed by atoms with Gasteiger partial charge in [0.25, 0.3) is 0 Å². The third kappa shape index (κ3) is 3.16. The molecule has 0 aromatic heterocycles. The van der Waals surface area contributed by atoms with Gasteiger partial charge in [-0.3, -0.25) is 0 Å². The summed E-state index contributed by atoms with van der Waals surface area (Å²) in [4.78, 5) is 0. The lowest BCUT2D eigenvalue weighted by Gasteiger charge is -2.20. The molecule has 0 spiro atoms. The first-order valence-electron chi connectivity index (χ1n) is 8.11. The molecule has 0 bridgehead atoms. The van der Waals surface area contributed by atoms with Crippen LogP contribution in [0.25, 0.3) is 22.3 Å². The van der Waals surface area contributed by atoms with Crippen molar-refractivity contribution in [2.45, 2.75) is 6.54 Å². The van der Waals surface area contributed by atoms with Crippen LogP contribution in [0.3, 0.4) is 0 Å². The Morgan fingerprint density at radius 2 is 1.50 bits per heavy atom. The molecule has 0 aliphatic carbocycles. The monoisotopic (exact) mass is 367 g/mol. The van der Waals surface area contributed by atoms with Crippen LogP contribution in [0.5, 0.6) is 11.5 Å². The van der Waals surface area contributed by atoms with Crippen molar-refractivity contribution in [2.75, 3.05) is 7.11 Å². The minimum atomic E-state index is -3.75. The van der Waals surface area contributed by atoms with Gasteiger partial charge < -0.3 is 8.92 Å². The van der Waals surface area contributed by atoms with Crippen molar-refractivity contribution in [3.63, 3.8) is 0 Å². The van der Waals surface area contributed by atoms with E-state index in [-0.39, 0.29) is 6.54 Å². The van der Waals surface area contributed by atoms with Crippen LogP contribution in [0, 0.1) is 0 Å². The number of hydrogen-bond donors (Lipinski definition) is 1. The number of benzene rings is 3. The van der Waals surface area contributed by atoms with Crippen molar-refractivity contribution in [2.24, 2.45) is 0 Å². The summed E-state index contributed by atoms with van der Waals surface area (Å²) in [6, 6.07) is 21.4. The molecule has 0 atom stereocenters. The molecule has 1 N–H and O–H groups in total.